The molecule has 0 saturated carbocycles. The summed E-state index contributed by atoms with van der Waals surface area (Å²) >= 11 is 0. The second-order valence-electron chi connectivity index (χ2n) is 8.97. The molecule has 1 aromatic carbocycles. The lowest BCUT2D eigenvalue weighted by Crippen LogP contribution is -2.11. The fraction of sp³-hybridized carbons (Fsp3) is 0. The van der Waals surface area contributed by atoms with Crippen molar-refractivity contribution in [1.82, 2.24) is 35.1 Å². The van der Waals surface area contributed by atoms with Crippen LogP contribution in [0.4, 0.5) is 5.69 Å². The highest BCUT2D eigenvalue weighted by molar-refractivity contribution is 6.04. The summed E-state index contributed by atoms with van der Waals surface area (Å²) in [5.41, 5.74) is 8.18. The van der Waals surface area contributed by atoms with Gasteiger partial charge in [0.2, 0.25) is 0 Å². The number of rotatable bonds is 5. The number of H-pyrrole nitrogens is 2. The Kier molecular flexibility index (Phi) is 5.37. The quantitative estimate of drug-likeness (QED) is 0.267. The first-order chi connectivity index (χ1) is 19.2. The van der Waals surface area contributed by atoms with Crippen LogP contribution in [0.1, 0.15) is 10.4 Å². The second-order valence-corrected chi connectivity index (χ2v) is 8.97. The molecule has 0 aliphatic carbocycles. The second kappa shape index (κ2) is 9.31. The number of nitrogens with one attached hydrogen (secondary N) is 3. The van der Waals surface area contributed by atoms with Crippen molar-refractivity contribution in [3.63, 3.8) is 0 Å². The van der Waals surface area contributed by atoms with Crippen LogP contribution in [0.25, 0.3) is 56.0 Å². The third-order valence-corrected chi connectivity index (χ3v) is 6.45. The number of carbonyl (C=O) groups is 1. The molecule has 0 aliphatic rings. The summed E-state index contributed by atoms with van der Waals surface area (Å²) < 4.78 is 0. The summed E-state index contributed by atoms with van der Waals surface area (Å²) in [6.45, 7) is 0. The number of hydrogen-bond donors (Lipinski definition) is 3. The number of pyridine rings is 4. The number of nitrogens with zero attached hydrogens (tertiary/aromatic N) is 5. The summed E-state index contributed by atoms with van der Waals surface area (Å²) in [6.07, 6.45) is 6.86. The third kappa shape index (κ3) is 4.17. The number of anilines is 1. The Balaban J connectivity index is 1.25. The molecule has 7 aromatic rings. The zero-order valence-electron chi connectivity index (χ0n) is 20.5. The minimum Gasteiger partial charge on any atom is -0.353 e. The minimum atomic E-state index is -0.201. The highest BCUT2D eigenvalue weighted by atomic mass is 16.1. The van der Waals surface area contributed by atoms with Crippen LogP contribution in [0.15, 0.2) is 104 Å². The van der Waals surface area contributed by atoms with E-state index in [4.69, 9.17) is 4.98 Å². The van der Waals surface area contributed by atoms with E-state index in [1.807, 2.05) is 66.7 Å². The van der Waals surface area contributed by atoms with E-state index in [1.54, 1.807) is 36.9 Å². The summed E-state index contributed by atoms with van der Waals surface area (Å²) in [4.78, 5) is 34.3. The smallest absolute Gasteiger partial charge is 0.255 e. The number of benzene rings is 1. The van der Waals surface area contributed by atoms with E-state index in [0.717, 1.165) is 39.1 Å². The zero-order valence-corrected chi connectivity index (χ0v) is 20.5. The van der Waals surface area contributed by atoms with Gasteiger partial charge < -0.3 is 10.3 Å². The standard InChI is InChI=1S/C30H20N8O/c39-30(18-6-2-1-3-7-18)34-20-14-19(16-31-17-20)22-9-10-25-28(36-22)29(38-37-25)26-15-21-23(35-26)11-13-33-27(21)24-8-4-5-12-32-24/h1-17,35H,(H,34,39)(H,37,38). The number of hydrogen-bond acceptors (Lipinski definition) is 6. The molecule has 0 fully saturated rings. The molecule has 0 radical (unpaired) electrons. The van der Waals surface area contributed by atoms with Gasteiger partial charge in [0.25, 0.3) is 5.91 Å². The van der Waals surface area contributed by atoms with Crippen LogP contribution in [-0.4, -0.2) is 41.0 Å². The summed E-state index contributed by atoms with van der Waals surface area (Å²) in [7, 11) is 0. The monoisotopic (exact) mass is 508 g/mol. The number of carbonyl (C=O) groups excluding carboxylic acids is 1. The van der Waals surface area contributed by atoms with Gasteiger partial charge in [0.05, 0.1) is 40.2 Å². The average molecular weight is 509 g/mol. The van der Waals surface area contributed by atoms with Crippen LogP contribution in [0, 0.1) is 0 Å². The number of fused-ring (bicyclic) bond motifs is 2. The van der Waals surface area contributed by atoms with Gasteiger partial charge in [-0.3, -0.25) is 24.8 Å². The van der Waals surface area contributed by atoms with E-state index >= 15 is 0 Å². The van der Waals surface area contributed by atoms with E-state index < -0.39 is 0 Å². The van der Waals surface area contributed by atoms with Crippen molar-refractivity contribution in [1.29, 1.82) is 0 Å². The van der Waals surface area contributed by atoms with Gasteiger partial charge in [-0.05, 0) is 54.6 Å². The Bertz CT molecular complexity index is 1960. The topological polar surface area (TPSA) is 125 Å². The molecular weight excluding hydrogens is 488 g/mol. The van der Waals surface area contributed by atoms with E-state index in [9.17, 15) is 4.79 Å². The van der Waals surface area contributed by atoms with E-state index in [2.05, 4.69) is 35.5 Å². The molecule has 9 nitrogen and oxygen atoms in total. The molecule has 0 aliphatic heterocycles. The fourth-order valence-electron chi connectivity index (χ4n) is 4.58. The molecule has 6 aromatic heterocycles. The van der Waals surface area contributed by atoms with Crippen molar-refractivity contribution in [2.75, 3.05) is 5.32 Å². The first-order valence-electron chi connectivity index (χ1n) is 12.3. The normalized spacial score (nSPS) is 11.2. The van der Waals surface area contributed by atoms with E-state index in [-0.39, 0.29) is 5.91 Å². The van der Waals surface area contributed by atoms with Crippen LogP contribution < -0.4 is 5.32 Å². The zero-order chi connectivity index (χ0) is 26.2. The average Bonchev–Trinajstić information content (AvgIpc) is 3.62. The van der Waals surface area contributed by atoms with Crippen molar-refractivity contribution in [3.8, 4) is 34.0 Å². The van der Waals surface area contributed by atoms with Gasteiger partial charge >= 0.3 is 0 Å². The molecule has 9 heteroatoms. The SMILES string of the molecule is O=C(Nc1cncc(-c2ccc3[nH]nc(-c4cc5c(-c6ccccn6)nccc5[nH]4)c3n2)c1)c1ccccc1. The Morgan fingerprint density at radius 2 is 1.67 bits per heavy atom. The van der Waals surface area contributed by atoms with Gasteiger partial charge in [-0.2, -0.15) is 5.10 Å². The van der Waals surface area contributed by atoms with Crippen molar-refractivity contribution < 1.29 is 4.79 Å². The molecule has 0 saturated heterocycles. The van der Waals surface area contributed by atoms with Gasteiger partial charge in [-0.15, -0.1) is 0 Å². The summed E-state index contributed by atoms with van der Waals surface area (Å²) in [5, 5.41) is 11.5. The molecule has 0 unspecified atom stereocenters. The van der Waals surface area contributed by atoms with Crippen LogP contribution in [0.3, 0.4) is 0 Å². The van der Waals surface area contributed by atoms with Gasteiger partial charge in [0.1, 0.15) is 11.2 Å². The van der Waals surface area contributed by atoms with Crippen LogP contribution in [-0.2, 0) is 0 Å². The minimum absolute atomic E-state index is 0.201. The highest BCUT2D eigenvalue weighted by Gasteiger charge is 2.16. The Morgan fingerprint density at radius 3 is 2.54 bits per heavy atom. The molecule has 7 rings (SSSR count). The third-order valence-electron chi connectivity index (χ3n) is 6.45. The lowest BCUT2D eigenvalue weighted by Gasteiger charge is -2.07. The summed E-state index contributed by atoms with van der Waals surface area (Å²) in [5.74, 6) is -0.201. The van der Waals surface area contributed by atoms with Gasteiger partial charge in [0.15, 0.2) is 0 Å². The Hall–Kier alpha value is -5.70. The number of aromatic nitrogens is 7. The first kappa shape index (κ1) is 22.5. The molecule has 186 valence electrons. The van der Waals surface area contributed by atoms with Gasteiger partial charge in [-0.25, -0.2) is 4.98 Å². The first-order valence-corrected chi connectivity index (χ1v) is 12.3. The molecule has 0 spiro atoms. The van der Waals surface area contributed by atoms with Crippen LogP contribution in [0.5, 0.6) is 0 Å². The molecule has 6 heterocycles. The molecular formula is C30H20N8O. The molecule has 39 heavy (non-hydrogen) atoms. The number of aromatic amines is 2. The molecule has 0 bridgehead atoms. The predicted octanol–water partition coefficient (Wildman–Crippen LogP) is 5.88. The summed E-state index contributed by atoms with van der Waals surface area (Å²) in [6, 6.07) is 24.5. The maximum Gasteiger partial charge on any atom is 0.255 e. The predicted molar refractivity (Wildman–Crippen MR) is 150 cm³/mol. The van der Waals surface area contributed by atoms with Crippen molar-refractivity contribution in [3.05, 3.63) is 109 Å². The fourth-order valence-corrected chi connectivity index (χ4v) is 4.58. The number of amides is 1. The highest BCUT2D eigenvalue weighted by Crippen LogP contribution is 2.32. The van der Waals surface area contributed by atoms with E-state index in [1.165, 1.54) is 0 Å². The largest absolute Gasteiger partial charge is 0.353 e. The van der Waals surface area contributed by atoms with Crippen LogP contribution in [0.2, 0.25) is 0 Å². The Labute approximate surface area is 222 Å². The van der Waals surface area contributed by atoms with Crippen molar-refractivity contribution >= 4 is 33.5 Å². The molecule has 3 N–H and O–H groups in total. The maximum absolute atomic E-state index is 12.6. The molecule has 1 amide bonds. The van der Waals surface area contributed by atoms with Gasteiger partial charge in [0, 0.05) is 40.6 Å². The lowest BCUT2D eigenvalue weighted by atomic mass is 10.1. The van der Waals surface area contributed by atoms with Gasteiger partial charge in [-0.1, -0.05) is 24.3 Å². The Morgan fingerprint density at radius 1 is 0.769 bits per heavy atom. The van der Waals surface area contributed by atoms with Crippen molar-refractivity contribution in [2.45, 2.75) is 0 Å². The van der Waals surface area contributed by atoms with E-state index in [0.29, 0.717) is 28.2 Å². The van der Waals surface area contributed by atoms with Crippen LogP contribution >= 0.6 is 0 Å². The lowest BCUT2D eigenvalue weighted by molar-refractivity contribution is 0.102. The maximum atomic E-state index is 12.6. The molecule has 0 atom stereocenters. The van der Waals surface area contributed by atoms with Crippen molar-refractivity contribution in [2.24, 2.45) is 0 Å².